The molecule has 0 heterocycles. The summed E-state index contributed by atoms with van der Waals surface area (Å²) in [5, 5.41) is 3.92. The minimum atomic E-state index is -0.179. The quantitative estimate of drug-likeness (QED) is 0.706. The van der Waals surface area contributed by atoms with Crippen molar-refractivity contribution in [3.8, 4) is 5.75 Å². The highest BCUT2D eigenvalue weighted by molar-refractivity contribution is 6.35. The Labute approximate surface area is 151 Å². The van der Waals surface area contributed by atoms with Gasteiger partial charge in [-0.2, -0.15) is 0 Å². The maximum atomic E-state index is 12.2. The summed E-state index contributed by atoms with van der Waals surface area (Å²) in [7, 11) is 0. The lowest BCUT2D eigenvalue weighted by Crippen LogP contribution is -2.22. The zero-order valence-electron chi connectivity index (χ0n) is 13.4. The van der Waals surface area contributed by atoms with Crippen LogP contribution in [0, 0.1) is 0 Å². The molecule has 0 radical (unpaired) electrons. The average Bonchev–Trinajstić information content (AvgIpc) is 2.58. The second kappa shape index (κ2) is 9.52. The largest absolute Gasteiger partial charge is 0.491 e. The molecule has 0 aliphatic rings. The lowest BCUT2D eigenvalue weighted by molar-refractivity contribution is 0.0950. The number of carbonyl (C=O) groups excluding carboxylic acids is 1. The van der Waals surface area contributed by atoms with Crippen LogP contribution in [0.1, 0.15) is 22.8 Å². The molecule has 1 amide bonds. The molecule has 0 fully saturated rings. The summed E-state index contributed by atoms with van der Waals surface area (Å²) in [5.74, 6) is 0.522. The fourth-order valence-electron chi connectivity index (χ4n) is 2.01. The normalized spacial score (nSPS) is 10.5. The average molecular weight is 368 g/mol. The molecule has 24 heavy (non-hydrogen) atoms. The predicted octanol–water partition coefficient (Wildman–Crippen LogP) is 4.34. The van der Waals surface area contributed by atoms with Crippen molar-refractivity contribution in [3.05, 3.63) is 63.6 Å². The van der Waals surface area contributed by atoms with Crippen LogP contribution in [0.4, 0.5) is 0 Å². The molecule has 0 aromatic heterocycles. The molecule has 0 atom stereocenters. The second-order valence-corrected chi connectivity index (χ2v) is 5.83. The minimum Gasteiger partial charge on any atom is -0.491 e. The number of carbonyl (C=O) groups is 1. The first-order valence-electron chi connectivity index (χ1n) is 7.63. The van der Waals surface area contributed by atoms with Gasteiger partial charge in [0.1, 0.15) is 12.4 Å². The summed E-state index contributed by atoms with van der Waals surface area (Å²) in [4.78, 5) is 12.2. The standard InChI is InChI=1S/C18H19Cl2NO3/c1-2-23-9-10-24-16-7-4-13(5-8-16)18(22)21-12-14-3-6-15(19)11-17(14)20/h3-8,11H,2,9-10,12H2,1H3,(H,21,22). The van der Waals surface area contributed by atoms with Crippen molar-refractivity contribution in [1.82, 2.24) is 5.32 Å². The van der Waals surface area contributed by atoms with E-state index in [9.17, 15) is 4.79 Å². The van der Waals surface area contributed by atoms with Crippen LogP contribution in [0.5, 0.6) is 5.75 Å². The van der Waals surface area contributed by atoms with Crippen molar-refractivity contribution in [2.45, 2.75) is 13.5 Å². The molecule has 0 bridgehead atoms. The van der Waals surface area contributed by atoms with Crippen molar-refractivity contribution >= 4 is 29.1 Å². The highest BCUT2D eigenvalue weighted by atomic mass is 35.5. The van der Waals surface area contributed by atoms with Crippen LogP contribution in [-0.4, -0.2) is 25.7 Å². The number of ether oxygens (including phenoxy) is 2. The topological polar surface area (TPSA) is 47.6 Å². The first-order chi connectivity index (χ1) is 11.6. The fraction of sp³-hybridized carbons (Fsp3) is 0.278. The molecule has 2 rings (SSSR count). The van der Waals surface area contributed by atoms with Crippen molar-refractivity contribution in [1.29, 1.82) is 0 Å². The van der Waals surface area contributed by atoms with Gasteiger partial charge in [-0.05, 0) is 48.9 Å². The van der Waals surface area contributed by atoms with Gasteiger partial charge in [0.25, 0.3) is 5.91 Å². The summed E-state index contributed by atoms with van der Waals surface area (Å²) in [5.41, 5.74) is 1.36. The summed E-state index contributed by atoms with van der Waals surface area (Å²) in [6.45, 7) is 3.96. The van der Waals surface area contributed by atoms with E-state index in [0.717, 1.165) is 5.56 Å². The minimum absolute atomic E-state index is 0.179. The molecular weight excluding hydrogens is 349 g/mol. The van der Waals surface area contributed by atoms with Gasteiger partial charge in [-0.15, -0.1) is 0 Å². The number of halogens is 2. The number of benzene rings is 2. The third-order valence-electron chi connectivity index (χ3n) is 3.27. The molecule has 2 aromatic rings. The molecule has 0 saturated carbocycles. The van der Waals surface area contributed by atoms with Crippen LogP contribution in [0.15, 0.2) is 42.5 Å². The van der Waals surface area contributed by atoms with Crippen LogP contribution in [0.2, 0.25) is 10.0 Å². The van der Waals surface area contributed by atoms with Gasteiger partial charge in [-0.1, -0.05) is 29.3 Å². The van der Waals surface area contributed by atoms with Crippen LogP contribution in [-0.2, 0) is 11.3 Å². The number of hydrogen-bond donors (Lipinski definition) is 1. The maximum absolute atomic E-state index is 12.2. The van der Waals surface area contributed by atoms with Gasteiger partial charge >= 0.3 is 0 Å². The lowest BCUT2D eigenvalue weighted by atomic mass is 10.2. The van der Waals surface area contributed by atoms with Crippen molar-refractivity contribution in [2.75, 3.05) is 19.8 Å². The highest BCUT2D eigenvalue weighted by Crippen LogP contribution is 2.21. The van der Waals surface area contributed by atoms with Gasteiger partial charge in [0.2, 0.25) is 0 Å². The Hall–Kier alpha value is -1.75. The summed E-state index contributed by atoms with van der Waals surface area (Å²) in [6, 6.07) is 12.1. The van der Waals surface area contributed by atoms with Crippen molar-refractivity contribution in [3.63, 3.8) is 0 Å². The molecule has 6 heteroatoms. The first kappa shape index (κ1) is 18.6. The van der Waals surface area contributed by atoms with Gasteiger partial charge < -0.3 is 14.8 Å². The van der Waals surface area contributed by atoms with Crippen LogP contribution in [0.25, 0.3) is 0 Å². The molecule has 0 saturated heterocycles. The van der Waals surface area contributed by atoms with Crippen LogP contribution in [0.3, 0.4) is 0 Å². The molecule has 2 aromatic carbocycles. The van der Waals surface area contributed by atoms with Crippen molar-refractivity contribution < 1.29 is 14.3 Å². The number of nitrogens with one attached hydrogen (secondary N) is 1. The van der Waals surface area contributed by atoms with E-state index in [1.165, 1.54) is 0 Å². The van der Waals surface area contributed by atoms with E-state index in [0.29, 0.717) is 47.7 Å². The predicted molar refractivity (Wildman–Crippen MR) is 96.1 cm³/mol. The van der Waals surface area contributed by atoms with E-state index in [2.05, 4.69) is 5.32 Å². The number of hydrogen-bond acceptors (Lipinski definition) is 3. The number of amides is 1. The monoisotopic (exact) mass is 367 g/mol. The Morgan fingerprint density at radius 3 is 2.50 bits per heavy atom. The maximum Gasteiger partial charge on any atom is 0.251 e. The Morgan fingerprint density at radius 2 is 1.83 bits per heavy atom. The van der Waals surface area contributed by atoms with E-state index >= 15 is 0 Å². The second-order valence-electron chi connectivity index (χ2n) is 4.99. The third kappa shape index (κ3) is 5.71. The van der Waals surface area contributed by atoms with E-state index in [1.807, 2.05) is 6.92 Å². The van der Waals surface area contributed by atoms with Gasteiger partial charge in [-0.25, -0.2) is 0 Å². The van der Waals surface area contributed by atoms with E-state index in [-0.39, 0.29) is 5.91 Å². The van der Waals surface area contributed by atoms with Gasteiger partial charge in [0.15, 0.2) is 0 Å². The van der Waals surface area contributed by atoms with Gasteiger partial charge in [-0.3, -0.25) is 4.79 Å². The lowest BCUT2D eigenvalue weighted by Gasteiger charge is -2.09. The summed E-state index contributed by atoms with van der Waals surface area (Å²) >= 11 is 11.9. The smallest absolute Gasteiger partial charge is 0.251 e. The SMILES string of the molecule is CCOCCOc1ccc(C(=O)NCc2ccc(Cl)cc2Cl)cc1. The molecule has 4 nitrogen and oxygen atoms in total. The van der Waals surface area contributed by atoms with Crippen LogP contribution >= 0.6 is 23.2 Å². The molecule has 0 unspecified atom stereocenters. The molecular formula is C18H19Cl2NO3. The fourth-order valence-corrected chi connectivity index (χ4v) is 2.48. The highest BCUT2D eigenvalue weighted by Gasteiger charge is 2.07. The Bertz CT molecular complexity index is 674. The van der Waals surface area contributed by atoms with Crippen molar-refractivity contribution in [2.24, 2.45) is 0 Å². The molecule has 0 aliphatic carbocycles. The first-order valence-corrected chi connectivity index (χ1v) is 8.38. The zero-order valence-corrected chi connectivity index (χ0v) is 14.9. The molecule has 128 valence electrons. The number of rotatable bonds is 8. The van der Waals surface area contributed by atoms with Gasteiger partial charge in [0, 0.05) is 28.8 Å². The zero-order chi connectivity index (χ0) is 17.4. The Morgan fingerprint density at radius 1 is 1.08 bits per heavy atom. The Kier molecular flexibility index (Phi) is 7.37. The van der Waals surface area contributed by atoms with Crippen LogP contribution < -0.4 is 10.1 Å². The summed E-state index contributed by atoms with van der Waals surface area (Å²) in [6.07, 6.45) is 0. The third-order valence-corrected chi connectivity index (χ3v) is 3.86. The molecule has 0 aliphatic heterocycles. The van der Waals surface area contributed by atoms with Gasteiger partial charge in [0.05, 0.1) is 6.61 Å². The van der Waals surface area contributed by atoms with E-state index < -0.39 is 0 Å². The summed E-state index contributed by atoms with van der Waals surface area (Å²) < 4.78 is 10.7. The molecule has 1 N–H and O–H groups in total. The molecule has 0 spiro atoms. The van der Waals surface area contributed by atoms with E-state index in [4.69, 9.17) is 32.7 Å². The Balaban J connectivity index is 1.86. The van der Waals surface area contributed by atoms with E-state index in [1.54, 1.807) is 42.5 Å².